The van der Waals surface area contributed by atoms with E-state index < -0.39 is 15.8 Å². The molecule has 6 rings (SSSR count). The van der Waals surface area contributed by atoms with Crippen LogP contribution in [0.25, 0.3) is 44.2 Å². The SMILES string of the molecule is Cc1ccc(S(=O)(=O)n2cc(-c3cc(F)c4nccc(-c5cccnc5)c4c3)c3cccnc32)cc1. The molecule has 0 bridgehead atoms. The zero-order valence-corrected chi connectivity index (χ0v) is 19.9. The number of aryl methyl sites for hydroxylation is 1. The number of halogens is 1. The standard InChI is InChI=1S/C28H19FN4O2S/c1-18-6-8-21(9-7-18)36(34,35)33-17-25(23-5-3-12-32-28(23)33)20-14-24-22(19-4-2-11-30-16-19)10-13-31-27(24)26(29)15-20/h2-17H,1H3. The second-order valence-electron chi connectivity index (χ2n) is 8.49. The van der Waals surface area contributed by atoms with Crippen LogP contribution in [0.3, 0.4) is 0 Å². The third-order valence-electron chi connectivity index (χ3n) is 6.19. The summed E-state index contributed by atoms with van der Waals surface area (Å²) in [4.78, 5) is 12.9. The highest BCUT2D eigenvalue weighted by atomic mass is 32.2. The van der Waals surface area contributed by atoms with Crippen molar-refractivity contribution >= 4 is 32.0 Å². The van der Waals surface area contributed by atoms with Gasteiger partial charge in [-0.25, -0.2) is 21.8 Å². The number of rotatable bonds is 4. The van der Waals surface area contributed by atoms with Crippen LogP contribution in [0.15, 0.2) is 103 Å². The minimum atomic E-state index is -3.93. The quantitative estimate of drug-likeness (QED) is 0.300. The van der Waals surface area contributed by atoms with Crippen molar-refractivity contribution in [2.75, 3.05) is 0 Å². The lowest BCUT2D eigenvalue weighted by Gasteiger charge is -2.09. The lowest BCUT2D eigenvalue weighted by Crippen LogP contribution is -2.12. The van der Waals surface area contributed by atoms with Gasteiger partial charge in [0.2, 0.25) is 0 Å². The molecule has 2 aromatic carbocycles. The largest absolute Gasteiger partial charge is 0.269 e. The summed E-state index contributed by atoms with van der Waals surface area (Å²) in [5.74, 6) is -0.501. The molecule has 8 heteroatoms. The lowest BCUT2D eigenvalue weighted by atomic mass is 9.98. The second-order valence-corrected chi connectivity index (χ2v) is 10.3. The Kier molecular flexibility index (Phi) is 5.12. The molecule has 0 radical (unpaired) electrons. The number of hydrogen-bond acceptors (Lipinski definition) is 5. The Morgan fingerprint density at radius 1 is 0.806 bits per heavy atom. The van der Waals surface area contributed by atoms with Crippen molar-refractivity contribution in [3.05, 3.63) is 109 Å². The highest BCUT2D eigenvalue weighted by Gasteiger charge is 2.23. The molecule has 0 saturated heterocycles. The molecule has 0 fully saturated rings. The van der Waals surface area contributed by atoms with Gasteiger partial charge >= 0.3 is 0 Å². The van der Waals surface area contributed by atoms with Gasteiger partial charge in [-0.15, -0.1) is 0 Å². The molecule has 0 saturated carbocycles. The van der Waals surface area contributed by atoms with Gasteiger partial charge in [-0.1, -0.05) is 23.8 Å². The van der Waals surface area contributed by atoms with Crippen LogP contribution in [0.2, 0.25) is 0 Å². The molecule has 176 valence electrons. The first-order valence-electron chi connectivity index (χ1n) is 11.2. The zero-order valence-electron chi connectivity index (χ0n) is 19.1. The molecule has 36 heavy (non-hydrogen) atoms. The van der Waals surface area contributed by atoms with Crippen molar-refractivity contribution in [1.82, 2.24) is 18.9 Å². The highest BCUT2D eigenvalue weighted by Crippen LogP contribution is 2.36. The maximum Gasteiger partial charge on any atom is 0.269 e. The third-order valence-corrected chi connectivity index (χ3v) is 7.86. The van der Waals surface area contributed by atoms with Gasteiger partial charge in [0.1, 0.15) is 11.3 Å². The van der Waals surface area contributed by atoms with Gasteiger partial charge in [0, 0.05) is 52.9 Å². The Hall–Kier alpha value is -4.43. The van der Waals surface area contributed by atoms with Crippen molar-refractivity contribution in [3.63, 3.8) is 0 Å². The first-order valence-corrected chi connectivity index (χ1v) is 12.6. The van der Waals surface area contributed by atoms with Gasteiger partial charge in [-0.3, -0.25) is 9.97 Å². The minimum absolute atomic E-state index is 0.148. The van der Waals surface area contributed by atoms with Crippen LogP contribution in [-0.2, 0) is 10.0 Å². The van der Waals surface area contributed by atoms with Crippen LogP contribution in [0.4, 0.5) is 4.39 Å². The van der Waals surface area contributed by atoms with Gasteiger partial charge in [0.05, 0.1) is 4.90 Å². The molecule has 4 heterocycles. The summed E-state index contributed by atoms with van der Waals surface area (Å²) in [7, 11) is -3.93. The smallest absolute Gasteiger partial charge is 0.264 e. The number of nitrogens with zero attached hydrogens (tertiary/aromatic N) is 4. The molecular formula is C28H19FN4O2S. The molecule has 4 aromatic heterocycles. The van der Waals surface area contributed by atoms with Crippen molar-refractivity contribution in [3.8, 4) is 22.3 Å². The molecule has 0 spiro atoms. The maximum absolute atomic E-state index is 15.4. The van der Waals surface area contributed by atoms with E-state index in [9.17, 15) is 8.42 Å². The molecule has 0 aliphatic rings. The number of pyridine rings is 3. The van der Waals surface area contributed by atoms with Crippen molar-refractivity contribution in [2.24, 2.45) is 0 Å². The molecule has 6 nitrogen and oxygen atoms in total. The summed E-state index contributed by atoms with van der Waals surface area (Å²) in [5, 5.41) is 1.20. The average molecular weight is 495 g/mol. The first-order chi connectivity index (χ1) is 17.4. The van der Waals surface area contributed by atoms with E-state index in [0.717, 1.165) is 20.7 Å². The van der Waals surface area contributed by atoms with Crippen molar-refractivity contribution in [2.45, 2.75) is 11.8 Å². The van der Waals surface area contributed by atoms with Gasteiger partial charge in [-0.05, 0) is 66.6 Å². The molecule has 0 aliphatic carbocycles. The molecule has 0 amide bonds. The Bertz CT molecular complexity index is 1870. The fourth-order valence-corrected chi connectivity index (χ4v) is 5.73. The van der Waals surface area contributed by atoms with E-state index in [4.69, 9.17) is 0 Å². The Morgan fingerprint density at radius 2 is 1.61 bits per heavy atom. The lowest BCUT2D eigenvalue weighted by molar-refractivity contribution is 0.589. The maximum atomic E-state index is 15.4. The second kappa shape index (κ2) is 8.35. The molecule has 6 aromatic rings. The predicted molar refractivity (Wildman–Crippen MR) is 137 cm³/mol. The zero-order chi connectivity index (χ0) is 24.9. The van der Waals surface area contributed by atoms with E-state index in [1.165, 1.54) is 12.3 Å². The van der Waals surface area contributed by atoms with Crippen LogP contribution in [0.1, 0.15) is 5.56 Å². The molecular weight excluding hydrogens is 475 g/mol. The van der Waals surface area contributed by atoms with E-state index >= 15 is 4.39 Å². The number of hydrogen-bond donors (Lipinski definition) is 0. The van der Waals surface area contributed by atoms with Gasteiger partial charge in [0.15, 0.2) is 5.65 Å². The molecule has 0 atom stereocenters. The molecule has 0 N–H and O–H groups in total. The fourth-order valence-electron chi connectivity index (χ4n) is 4.41. The van der Waals surface area contributed by atoms with Crippen molar-refractivity contribution in [1.29, 1.82) is 0 Å². The Balaban J connectivity index is 1.61. The summed E-state index contributed by atoms with van der Waals surface area (Å²) in [6.45, 7) is 1.89. The van der Waals surface area contributed by atoms with Crippen LogP contribution < -0.4 is 0 Å². The monoisotopic (exact) mass is 494 g/mol. The van der Waals surface area contributed by atoms with Gasteiger partial charge < -0.3 is 0 Å². The summed E-state index contributed by atoms with van der Waals surface area (Å²) in [6, 6.07) is 18.9. The highest BCUT2D eigenvalue weighted by molar-refractivity contribution is 7.90. The number of benzene rings is 2. The van der Waals surface area contributed by atoms with E-state index in [1.54, 1.807) is 61.2 Å². The van der Waals surface area contributed by atoms with E-state index in [-0.39, 0.29) is 16.1 Å². The third kappa shape index (κ3) is 3.54. The summed E-state index contributed by atoms with van der Waals surface area (Å²) in [5.41, 5.74) is 4.14. The summed E-state index contributed by atoms with van der Waals surface area (Å²) >= 11 is 0. The van der Waals surface area contributed by atoms with Gasteiger partial charge in [0.25, 0.3) is 10.0 Å². The predicted octanol–water partition coefficient (Wildman–Crippen LogP) is 6.00. The van der Waals surface area contributed by atoms with Gasteiger partial charge in [-0.2, -0.15) is 0 Å². The minimum Gasteiger partial charge on any atom is -0.264 e. The normalized spacial score (nSPS) is 11.8. The summed E-state index contributed by atoms with van der Waals surface area (Å²) in [6.07, 6.45) is 8.00. The first kappa shape index (κ1) is 22.1. The van der Waals surface area contributed by atoms with Crippen LogP contribution in [-0.4, -0.2) is 27.3 Å². The summed E-state index contributed by atoms with van der Waals surface area (Å²) < 4.78 is 43.6. The van der Waals surface area contributed by atoms with Crippen LogP contribution >= 0.6 is 0 Å². The molecule has 0 unspecified atom stereocenters. The Labute approximate surface area is 206 Å². The number of fused-ring (bicyclic) bond motifs is 2. The molecule has 0 aliphatic heterocycles. The van der Waals surface area contributed by atoms with Crippen LogP contribution in [0, 0.1) is 12.7 Å². The Morgan fingerprint density at radius 3 is 2.39 bits per heavy atom. The number of aromatic nitrogens is 4. The topological polar surface area (TPSA) is 77.7 Å². The van der Waals surface area contributed by atoms with E-state index in [0.29, 0.717) is 21.9 Å². The fraction of sp³-hybridized carbons (Fsp3) is 0.0357. The van der Waals surface area contributed by atoms with E-state index in [2.05, 4.69) is 15.0 Å². The van der Waals surface area contributed by atoms with Crippen LogP contribution in [0.5, 0.6) is 0 Å². The van der Waals surface area contributed by atoms with Crippen molar-refractivity contribution < 1.29 is 12.8 Å². The average Bonchev–Trinajstić information content (AvgIpc) is 3.30. The van der Waals surface area contributed by atoms with E-state index in [1.807, 2.05) is 31.2 Å².